The maximum absolute atomic E-state index is 6.56. The average Bonchev–Trinajstić information content (AvgIpc) is 3.96. The molecule has 1 aliphatic carbocycles. The Labute approximate surface area is 343 Å². The molecule has 3 aromatic heterocycles. The largest absolute Gasteiger partial charge is 0.452 e. The van der Waals surface area contributed by atoms with E-state index in [0.29, 0.717) is 11.4 Å². The van der Waals surface area contributed by atoms with Crippen molar-refractivity contribution in [1.82, 2.24) is 14.5 Å². The van der Waals surface area contributed by atoms with Gasteiger partial charge in [0, 0.05) is 32.7 Å². The third-order valence-corrected chi connectivity index (χ3v) is 12.9. The summed E-state index contributed by atoms with van der Waals surface area (Å²) in [6.07, 6.45) is 0. The zero-order chi connectivity index (χ0) is 39.1. The Bertz CT molecular complexity index is 4020. The monoisotopic (exact) mass is 761 g/mol. The molecule has 14 rings (SSSR count). The van der Waals surface area contributed by atoms with Crippen LogP contribution < -0.4 is 0 Å². The molecule has 10 aromatic carbocycles. The molecule has 0 radical (unpaired) electrons. The fourth-order valence-corrected chi connectivity index (χ4v) is 10.2. The Kier molecular flexibility index (Phi) is 6.26. The fraction of sp³-hybridized carbons (Fsp3) is 0. The van der Waals surface area contributed by atoms with Gasteiger partial charge in [0.1, 0.15) is 16.8 Å². The van der Waals surface area contributed by atoms with Crippen LogP contribution in [0.5, 0.6) is 0 Å². The molecule has 0 bridgehead atoms. The van der Waals surface area contributed by atoms with Crippen LogP contribution in [-0.4, -0.2) is 14.5 Å². The van der Waals surface area contributed by atoms with Crippen LogP contribution in [0.1, 0.15) is 0 Å². The lowest BCUT2D eigenvalue weighted by Gasteiger charge is -2.15. The van der Waals surface area contributed by atoms with E-state index < -0.39 is 0 Å². The second-order valence-corrected chi connectivity index (χ2v) is 16.1. The predicted molar refractivity (Wildman–Crippen MR) is 249 cm³/mol. The minimum atomic E-state index is 0.663. The Morgan fingerprint density at radius 1 is 0.383 bits per heavy atom. The first-order chi connectivity index (χ1) is 29.7. The van der Waals surface area contributed by atoms with Gasteiger partial charge in [-0.3, -0.25) is 0 Å². The maximum atomic E-state index is 6.56. The lowest BCUT2D eigenvalue weighted by atomic mass is 9.97. The Hall–Kier alpha value is -8.08. The fourth-order valence-electron chi connectivity index (χ4n) is 10.2. The average molecular weight is 762 g/mol. The van der Waals surface area contributed by atoms with Crippen LogP contribution in [0.2, 0.25) is 0 Å². The number of benzene rings is 10. The van der Waals surface area contributed by atoms with E-state index in [1.807, 2.05) is 18.2 Å². The van der Waals surface area contributed by atoms with Gasteiger partial charge >= 0.3 is 0 Å². The molecule has 0 N–H and O–H groups in total. The first-order valence-electron chi connectivity index (χ1n) is 20.5. The molecule has 276 valence electrons. The van der Waals surface area contributed by atoms with Crippen LogP contribution >= 0.6 is 0 Å². The molecular formula is C56H31N3O. The number of nitrogens with zero attached hydrogens (tertiary/aromatic N) is 3. The third kappa shape index (κ3) is 4.29. The second-order valence-electron chi connectivity index (χ2n) is 16.1. The predicted octanol–water partition coefficient (Wildman–Crippen LogP) is 15.1. The van der Waals surface area contributed by atoms with Gasteiger partial charge in [-0.05, 0) is 108 Å². The van der Waals surface area contributed by atoms with E-state index in [4.69, 9.17) is 14.4 Å². The molecule has 0 spiro atoms. The topological polar surface area (TPSA) is 43.9 Å². The van der Waals surface area contributed by atoms with Crippen LogP contribution in [0.4, 0.5) is 0 Å². The highest BCUT2D eigenvalue weighted by Gasteiger charge is 2.27. The number of para-hydroxylation sites is 1. The summed E-state index contributed by atoms with van der Waals surface area (Å²) in [6.45, 7) is 0. The van der Waals surface area contributed by atoms with Crippen LogP contribution in [0, 0.1) is 0 Å². The summed E-state index contributed by atoms with van der Waals surface area (Å²) in [7, 11) is 0. The molecule has 0 saturated carbocycles. The van der Waals surface area contributed by atoms with Gasteiger partial charge in [0.25, 0.3) is 0 Å². The molecule has 4 heteroatoms. The summed E-state index contributed by atoms with van der Waals surface area (Å²) in [4.78, 5) is 10.7. The number of hydrogen-bond donors (Lipinski definition) is 0. The van der Waals surface area contributed by atoms with E-state index in [2.05, 4.69) is 174 Å². The highest BCUT2D eigenvalue weighted by molar-refractivity contribution is 6.30. The van der Waals surface area contributed by atoms with Crippen molar-refractivity contribution < 1.29 is 4.42 Å². The minimum absolute atomic E-state index is 0.663. The van der Waals surface area contributed by atoms with Crippen molar-refractivity contribution in [2.24, 2.45) is 0 Å². The first kappa shape index (κ1) is 31.9. The molecule has 13 aromatic rings. The molecular weight excluding hydrogens is 731 g/mol. The number of rotatable bonds is 3. The van der Waals surface area contributed by atoms with Gasteiger partial charge in [0.15, 0.2) is 11.4 Å². The second kappa shape index (κ2) is 11.8. The number of furan rings is 1. The molecule has 4 nitrogen and oxygen atoms in total. The standard InChI is InChI=1S/C56H31N3O/c1-2-13-33-28-36(25-24-32(33)12-1)53-55-54(43-20-9-10-23-50(43)60-55)58-56(57-53)42-26-27-47(40-19-8-7-18-39(40)42)59-48-30-35-15-4-3-14-34(35)29-46(48)52-44-22-11-21-41-37-16-5-6-17-38(37)45(51(41)44)31-49(52)59/h1-31H. The van der Waals surface area contributed by atoms with Crippen LogP contribution in [-0.2, 0) is 0 Å². The number of fused-ring (bicyclic) bond motifs is 13. The van der Waals surface area contributed by atoms with E-state index >= 15 is 0 Å². The van der Waals surface area contributed by atoms with Gasteiger partial charge < -0.3 is 8.98 Å². The highest BCUT2D eigenvalue weighted by Crippen LogP contribution is 2.52. The summed E-state index contributed by atoms with van der Waals surface area (Å²) < 4.78 is 9.06. The van der Waals surface area contributed by atoms with Gasteiger partial charge in [0.05, 0.1) is 16.7 Å². The van der Waals surface area contributed by atoms with E-state index in [1.165, 1.54) is 71.0 Å². The van der Waals surface area contributed by atoms with Crippen molar-refractivity contribution in [1.29, 1.82) is 0 Å². The number of hydrogen-bond acceptors (Lipinski definition) is 3. The van der Waals surface area contributed by atoms with Crippen LogP contribution in [0.25, 0.3) is 138 Å². The molecule has 0 fully saturated rings. The van der Waals surface area contributed by atoms with Crippen molar-refractivity contribution in [3.63, 3.8) is 0 Å². The zero-order valence-corrected chi connectivity index (χ0v) is 32.1. The summed E-state index contributed by atoms with van der Waals surface area (Å²) in [5, 5.41) is 13.1. The van der Waals surface area contributed by atoms with Crippen molar-refractivity contribution in [2.75, 3.05) is 0 Å². The zero-order valence-electron chi connectivity index (χ0n) is 32.1. The van der Waals surface area contributed by atoms with Crippen molar-refractivity contribution in [3.8, 4) is 50.6 Å². The molecule has 1 aliphatic rings. The maximum Gasteiger partial charge on any atom is 0.180 e. The summed E-state index contributed by atoms with van der Waals surface area (Å²) >= 11 is 0. The lowest BCUT2D eigenvalue weighted by Crippen LogP contribution is -1.99. The smallest absolute Gasteiger partial charge is 0.180 e. The Morgan fingerprint density at radius 2 is 1.05 bits per heavy atom. The molecule has 0 saturated heterocycles. The molecule has 60 heavy (non-hydrogen) atoms. The van der Waals surface area contributed by atoms with Gasteiger partial charge in [-0.15, -0.1) is 0 Å². The van der Waals surface area contributed by atoms with E-state index in [0.717, 1.165) is 55.2 Å². The Balaban J connectivity index is 1.07. The van der Waals surface area contributed by atoms with Crippen LogP contribution in [0.15, 0.2) is 192 Å². The van der Waals surface area contributed by atoms with Crippen LogP contribution in [0.3, 0.4) is 0 Å². The van der Waals surface area contributed by atoms with E-state index in [-0.39, 0.29) is 0 Å². The normalized spacial score (nSPS) is 12.3. The molecule has 0 atom stereocenters. The van der Waals surface area contributed by atoms with Crippen molar-refractivity contribution in [2.45, 2.75) is 0 Å². The highest BCUT2D eigenvalue weighted by atomic mass is 16.3. The third-order valence-electron chi connectivity index (χ3n) is 12.9. The first-order valence-corrected chi connectivity index (χ1v) is 20.5. The molecule has 0 unspecified atom stereocenters. The molecule has 0 amide bonds. The van der Waals surface area contributed by atoms with Crippen molar-refractivity contribution >= 4 is 87.0 Å². The summed E-state index contributed by atoms with van der Waals surface area (Å²) in [5.74, 6) is 0.663. The number of aromatic nitrogens is 3. The van der Waals surface area contributed by atoms with Gasteiger partial charge in [0.2, 0.25) is 0 Å². The SMILES string of the molecule is c1ccc2c(c1)-c1cccc3c1c-2cc1c3c2cc3ccccc3cc2n1-c1ccc(-c2nc(-c3ccc4ccccc4c3)c3oc4ccccc4c3n2)c2ccccc12. The van der Waals surface area contributed by atoms with E-state index in [9.17, 15) is 0 Å². The molecule has 3 heterocycles. The van der Waals surface area contributed by atoms with Crippen molar-refractivity contribution in [3.05, 3.63) is 188 Å². The minimum Gasteiger partial charge on any atom is -0.452 e. The quantitative estimate of drug-likeness (QED) is 0.180. The van der Waals surface area contributed by atoms with Gasteiger partial charge in [-0.1, -0.05) is 140 Å². The molecule has 0 aliphatic heterocycles. The van der Waals surface area contributed by atoms with Gasteiger partial charge in [-0.2, -0.15) is 0 Å². The Morgan fingerprint density at radius 3 is 1.90 bits per heavy atom. The summed E-state index contributed by atoms with van der Waals surface area (Å²) in [6, 6.07) is 67.9. The van der Waals surface area contributed by atoms with E-state index in [1.54, 1.807) is 0 Å². The lowest BCUT2D eigenvalue weighted by molar-refractivity contribution is 0.667. The van der Waals surface area contributed by atoms with Gasteiger partial charge in [-0.25, -0.2) is 9.97 Å². The summed E-state index contributed by atoms with van der Waals surface area (Å²) in [5.41, 5.74) is 13.7.